The summed E-state index contributed by atoms with van der Waals surface area (Å²) >= 11 is 5.91. The third-order valence-corrected chi connectivity index (χ3v) is 6.60. The molecule has 5 rings (SSSR count). The summed E-state index contributed by atoms with van der Waals surface area (Å²) in [5.74, 6) is 0.271. The maximum Gasteiger partial charge on any atom is 0.415 e. The fourth-order valence-corrected chi connectivity index (χ4v) is 4.51. The van der Waals surface area contributed by atoms with Gasteiger partial charge in [-0.2, -0.15) is 0 Å². The van der Waals surface area contributed by atoms with E-state index in [2.05, 4.69) is 20.2 Å². The lowest BCUT2D eigenvalue weighted by atomic mass is 9.85. The van der Waals surface area contributed by atoms with Crippen molar-refractivity contribution in [2.24, 2.45) is 0 Å². The minimum absolute atomic E-state index is 0.000386. The van der Waals surface area contributed by atoms with Crippen molar-refractivity contribution in [1.82, 2.24) is 14.9 Å². The maximum absolute atomic E-state index is 14.5. The van der Waals surface area contributed by atoms with Crippen LogP contribution in [0.25, 0.3) is 10.9 Å². The van der Waals surface area contributed by atoms with Crippen LogP contribution in [0.5, 0.6) is 5.75 Å². The second-order valence-corrected chi connectivity index (χ2v) is 8.51. The van der Waals surface area contributed by atoms with Crippen LogP contribution in [0.15, 0.2) is 36.7 Å². The number of hydrogen-bond donors (Lipinski definition) is 1. The molecular formula is C22H21ClFN5O3. The number of hydrogen-bond acceptors (Lipinski definition) is 7. The molecule has 0 aliphatic carbocycles. The molecule has 3 aromatic rings. The molecule has 10 heteroatoms. The number of carbonyl (C=O) groups is 1. The van der Waals surface area contributed by atoms with Crippen molar-refractivity contribution in [2.45, 2.75) is 18.6 Å². The Morgan fingerprint density at radius 1 is 1.31 bits per heavy atom. The third-order valence-electron chi connectivity index (χ3n) is 6.31. The van der Waals surface area contributed by atoms with Gasteiger partial charge in [-0.15, -0.1) is 0 Å². The molecule has 1 N–H and O–H groups in total. The Hall–Kier alpha value is -3.17. The van der Waals surface area contributed by atoms with Gasteiger partial charge < -0.3 is 14.8 Å². The van der Waals surface area contributed by atoms with Crippen LogP contribution in [-0.4, -0.2) is 59.9 Å². The number of fused-ring (bicyclic) bond motifs is 1. The molecule has 32 heavy (non-hydrogen) atoms. The summed E-state index contributed by atoms with van der Waals surface area (Å²) in [7, 11) is 3.52. The number of rotatable bonds is 4. The number of benzene rings is 2. The Bertz CT molecular complexity index is 1240. The van der Waals surface area contributed by atoms with E-state index in [0.29, 0.717) is 41.2 Å². The second kappa shape index (κ2) is 7.46. The number of likely N-dealkylation sites (N-methyl/N-ethyl adjacent to an activating group) is 1. The van der Waals surface area contributed by atoms with E-state index >= 15 is 0 Å². The van der Waals surface area contributed by atoms with E-state index < -0.39 is 17.5 Å². The zero-order valence-electron chi connectivity index (χ0n) is 17.7. The first-order chi connectivity index (χ1) is 15.3. The number of likely N-dealkylation sites (tertiary alicyclic amines) is 1. The van der Waals surface area contributed by atoms with Crippen molar-refractivity contribution in [3.63, 3.8) is 0 Å². The van der Waals surface area contributed by atoms with E-state index in [1.165, 1.54) is 19.5 Å². The molecule has 2 aliphatic heterocycles. The molecule has 8 nitrogen and oxygen atoms in total. The first kappa shape index (κ1) is 20.7. The summed E-state index contributed by atoms with van der Waals surface area (Å²) in [5.41, 5.74) is 0.739. The SMILES string of the molecule is COc1cc2ncnc(Nc3cccc(Cl)c3F)c2cc1N1CC2(CN(C)[C@@H]2C)OC1=O. The first-order valence-corrected chi connectivity index (χ1v) is 10.5. The van der Waals surface area contributed by atoms with E-state index in [-0.39, 0.29) is 16.8 Å². The number of ether oxygens (including phenoxy) is 2. The van der Waals surface area contributed by atoms with E-state index in [0.717, 1.165) is 0 Å². The van der Waals surface area contributed by atoms with E-state index in [1.807, 2.05) is 14.0 Å². The molecule has 2 saturated heterocycles. The zero-order chi connectivity index (χ0) is 22.6. The van der Waals surface area contributed by atoms with E-state index in [9.17, 15) is 9.18 Å². The number of anilines is 3. The smallest absolute Gasteiger partial charge is 0.415 e. The summed E-state index contributed by atoms with van der Waals surface area (Å²) in [5, 5.41) is 3.57. The highest BCUT2D eigenvalue weighted by Crippen LogP contribution is 2.43. The molecule has 2 aliphatic rings. The Labute approximate surface area is 188 Å². The Morgan fingerprint density at radius 3 is 2.84 bits per heavy atom. The number of nitrogens with one attached hydrogen (secondary N) is 1. The zero-order valence-corrected chi connectivity index (χ0v) is 18.5. The van der Waals surface area contributed by atoms with Gasteiger partial charge in [-0.25, -0.2) is 19.2 Å². The van der Waals surface area contributed by atoms with Gasteiger partial charge >= 0.3 is 6.09 Å². The molecule has 0 radical (unpaired) electrons. The summed E-state index contributed by atoms with van der Waals surface area (Å²) in [6.45, 7) is 3.10. The third kappa shape index (κ3) is 3.11. The van der Waals surface area contributed by atoms with Crippen LogP contribution in [0.3, 0.4) is 0 Å². The van der Waals surface area contributed by atoms with Gasteiger partial charge in [0.15, 0.2) is 11.4 Å². The summed E-state index contributed by atoms with van der Waals surface area (Å²) in [4.78, 5) is 25.1. The Kier molecular flexibility index (Phi) is 4.83. The topological polar surface area (TPSA) is 79.8 Å². The molecule has 2 atom stereocenters. The van der Waals surface area contributed by atoms with Gasteiger partial charge in [-0.3, -0.25) is 9.80 Å². The summed E-state index contributed by atoms with van der Waals surface area (Å²) in [6, 6.07) is 8.26. The number of nitrogens with zero attached hydrogens (tertiary/aromatic N) is 4. The quantitative estimate of drug-likeness (QED) is 0.628. The number of methoxy groups -OCH3 is 1. The van der Waals surface area contributed by atoms with Gasteiger partial charge in [-0.05, 0) is 32.2 Å². The van der Waals surface area contributed by atoms with Crippen molar-refractivity contribution in [3.05, 3.63) is 47.5 Å². The van der Waals surface area contributed by atoms with Crippen LogP contribution in [-0.2, 0) is 4.74 Å². The second-order valence-electron chi connectivity index (χ2n) is 8.10. The highest BCUT2D eigenvalue weighted by Gasteiger charge is 2.58. The molecule has 0 bridgehead atoms. The average molecular weight is 458 g/mol. The average Bonchev–Trinajstić information content (AvgIpc) is 3.14. The minimum Gasteiger partial charge on any atom is -0.494 e. The predicted octanol–water partition coefficient (Wildman–Crippen LogP) is 4.20. The standard InChI is InChI=1S/C22H21ClFN5O3/c1-12-22(9-28(12)2)10-29(21(30)32-22)17-7-13-16(8-18(17)31-3)25-11-26-20(13)27-15-6-4-5-14(23)19(15)24/h4-8,11-12H,9-10H2,1-3H3,(H,25,26,27)/t12-,22?/m1/s1. The fraction of sp³-hybridized carbons (Fsp3) is 0.318. The lowest BCUT2D eigenvalue weighted by Crippen LogP contribution is -2.68. The number of amides is 1. The summed E-state index contributed by atoms with van der Waals surface area (Å²) in [6.07, 6.45) is 0.937. The van der Waals surface area contributed by atoms with Crippen LogP contribution in [0.1, 0.15) is 6.92 Å². The molecule has 0 saturated carbocycles. The van der Waals surface area contributed by atoms with Gasteiger partial charge in [0.2, 0.25) is 0 Å². The van der Waals surface area contributed by atoms with Crippen LogP contribution in [0.4, 0.5) is 26.4 Å². The Balaban J connectivity index is 1.57. The van der Waals surface area contributed by atoms with Crippen molar-refractivity contribution < 1.29 is 18.7 Å². The van der Waals surface area contributed by atoms with Crippen molar-refractivity contribution in [1.29, 1.82) is 0 Å². The number of halogens is 2. The number of carbonyl (C=O) groups excluding carboxylic acids is 1. The first-order valence-electron chi connectivity index (χ1n) is 10.1. The van der Waals surface area contributed by atoms with Crippen LogP contribution < -0.4 is 15.0 Å². The highest BCUT2D eigenvalue weighted by molar-refractivity contribution is 6.31. The van der Waals surface area contributed by atoms with E-state index in [4.69, 9.17) is 21.1 Å². The van der Waals surface area contributed by atoms with Crippen molar-refractivity contribution >= 4 is 45.8 Å². The lowest BCUT2D eigenvalue weighted by molar-refractivity contribution is -0.108. The van der Waals surface area contributed by atoms with E-state index in [1.54, 1.807) is 29.2 Å². The van der Waals surface area contributed by atoms with Crippen LogP contribution in [0.2, 0.25) is 5.02 Å². The molecule has 2 aromatic carbocycles. The van der Waals surface area contributed by atoms with Gasteiger partial charge in [0.1, 0.15) is 17.9 Å². The highest BCUT2D eigenvalue weighted by atomic mass is 35.5. The Morgan fingerprint density at radius 2 is 2.12 bits per heavy atom. The normalized spacial score (nSPS) is 22.8. The van der Waals surface area contributed by atoms with Crippen LogP contribution >= 0.6 is 11.6 Å². The molecular weight excluding hydrogens is 437 g/mol. The molecule has 1 aromatic heterocycles. The molecule has 1 amide bonds. The maximum atomic E-state index is 14.5. The molecule has 1 spiro atoms. The summed E-state index contributed by atoms with van der Waals surface area (Å²) < 4.78 is 25.8. The van der Waals surface area contributed by atoms with Crippen LogP contribution in [0, 0.1) is 5.82 Å². The van der Waals surface area contributed by atoms with Crippen molar-refractivity contribution in [3.8, 4) is 5.75 Å². The fourth-order valence-electron chi connectivity index (χ4n) is 4.33. The van der Waals surface area contributed by atoms with Gasteiger partial charge in [-0.1, -0.05) is 17.7 Å². The lowest BCUT2D eigenvalue weighted by Gasteiger charge is -2.50. The monoisotopic (exact) mass is 457 g/mol. The largest absolute Gasteiger partial charge is 0.494 e. The molecule has 1 unspecified atom stereocenters. The van der Waals surface area contributed by atoms with Gasteiger partial charge in [0.25, 0.3) is 0 Å². The molecule has 166 valence electrons. The predicted molar refractivity (Wildman–Crippen MR) is 119 cm³/mol. The number of aromatic nitrogens is 2. The van der Waals surface area contributed by atoms with Gasteiger partial charge in [0.05, 0.1) is 35.6 Å². The van der Waals surface area contributed by atoms with Gasteiger partial charge in [0, 0.05) is 24.0 Å². The molecule has 3 heterocycles. The van der Waals surface area contributed by atoms with Crippen molar-refractivity contribution in [2.75, 3.05) is 37.5 Å². The minimum atomic E-state index is -0.581. The molecule has 2 fully saturated rings.